The molecule has 22 heavy (non-hydrogen) atoms. The van der Waals surface area contributed by atoms with Crippen molar-refractivity contribution in [3.05, 3.63) is 65.9 Å². The lowest BCUT2D eigenvalue weighted by atomic mass is 9.86. The number of nitrogens with zero attached hydrogens (tertiary/aromatic N) is 1. The Bertz CT molecular complexity index is 665. The molecule has 3 nitrogen and oxygen atoms in total. The highest BCUT2D eigenvalue weighted by Gasteiger charge is 2.13. The Morgan fingerprint density at radius 3 is 2.32 bits per heavy atom. The van der Waals surface area contributed by atoms with Crippen LogP contribution >= 0.6 is 0 Å². The van der Waals surface area contributed by atoms with E-state index < -0.39 is 0 Å². The number of carbonyl (C=O) groups excluding carboxylic acids is 1. The summed E-state index contributed by atoms with van der Waals surface area (Å²) in [5.74, 6) is 0.385. The maximum atomic E-state index is 12.0. The van der Waals surface area contributed by atoms with Crippen LogP contribution in [0.25, 0.3) is 5.57 Å². The molecule has 0 saturated heterocycles. The molecule has 0 aliphatic rings. The standard InChI is InChI=1S/C19H22N2O/c1-14(13-18(22)21-17-7-5-6-12-20-17)15-8-10-16(11-9-15)19(2,3)4/h5-13H,1-4H3,(H,20,21,22)/b14-13+. The van der Waals surface area contributed by atoms with Crippen molar-refractivity contribution in [1.82, 2.24) is 4.98 Å². The molecule has 1 aromatic heterocycles. The normalized spacial score (nSPS) is 12.1. The van der Waals surface area contributed by atoms with E-state index in [1.54, 1.807) is 18.3 Å². The molecule has 2 rings (SSSR count). The van der Waals surface area contributed by atoms with E-state index in [1.807, 2.05) is 19.1 Å². The van der Waals surface area contributed by atoms with E-state index in [4.69, 9.17) is 0 Å². The Hall–Kier alpha value is -2.42. The molecular formula is C19H22N2O. The lowest BCUT2D eigenvalue weighted by molar-refractivity contribution is -0.111. The number of hydrogen-bond acceptors (Lipinski definition) is 2. The number of benzene rings is 1. The number of allylic oxidation sites excluding steroid dienone is 1. The second kappa shape index (κ2) is 6.56. The summed E-state index contributed by atoms with van der Waals surface area (Å²) in [5.41, 5.74) is 3.38. The van der Waals surface area contributed by atoms with E-state index in [9.17, 15) is 4.79 Å². The van der Waals surface area contributed by atoms with Crippen molar-refractivity contribution in [3.8, 4) is 0 Å². The van der Waals surface area contributed by atoms with Gasteiger partial charge in [0, 0.05) is 12.3 Å². The quantitative estimate of drug-likeness (QED) is 0.851. The van der Waals surface area contributed by atoms with Gasteiger partial charge in [-0.1, -0.05) is 51.1 Å². The van der Waals surface area contributed by atoms with Crippen molar-refractivity contribution in [2.24, 2.45) is 0 Å². The predicted molar refractivity (Wildman–Crippen MR) is 91.7 cm³/mol. The Labute approximate surface area is 132 Å². The van der Waals surface area contributed by atoms with Crippen LogP contribution < -0.4 is 5.32 Å². The van der Waals surface area contributed by atoms with Crippen LogP contribution in [0.5, 0.6) is 0 Å². The molecule has 0 spiro atoms. The zero-order valence-corrected chi connectivity index (χ0v) is 13.6. The van der Waals surface area contributed by atoms with Gasteiger partial charge in [0.1, 0.15) is 5.82 Å². The van der Waals surface area contributed by atoms with Crippen molar-refractivity contribution < 1.29 is 4.79 Å². The van der Waals surface area contributed by atoms with Crippen LogP contribution in [0.15, 0.2) is 54.7 Å². The molecule has 0 atom stereocenters. The van der Waals surface area contributed by atoms with E-state index >= 15 is 0 Å². The van der Waals surface area contributed by atoms with Gasteiger partial charge in [-0.25, -0.2) is 4.98 Å². The summed E-state index contributed by atoms with van der Waals surface area (Å²) in [7, 11) is 0. The number of carbonyl (C=O) groups is 1. The fourth-order valence-electron chi connectivity index (χ4n) is 2.11. The topological polar surface area (TPSA) is 42.0 Å². The van der Waals surface area contributed by atoms with Gasteiger partial charge < -0.3 is 5.32 Å². The summed E-state index contributed by atoms with van der Waals surface area (Å²) < 4.78 is 0. The van der Waals surface area contributed by atoms with Gasteiger partial charge >= 0.3 is 0 Å². The SMILES string of the molecule is C/C(=C\C(=O)Nc1ccccn1)c1ccc(C(C)(C)C)cc1. The molecule has 0 saturated carbocycles. The van der Waals surface area contributed by atoms with Crippen LogP contribution in [-0.4, -0.2) is 10.9 Å². The smallest absolute Gasteiger partial charge is 0.249 e. The van der Waals surface area contributed by atoms with E-state index in [1.165, 1.54) is 5.56 Å². The van der Waals surface area contributed by atoms with E-state index in [0.717, 1.165) is 11.1 Å². The summed E-state index contributed by atoms with van der Waals surface area (Å²) in [4.78, 5) is 16.1. The zero-order chi connectivity index (χ0) is 16.2. The lowest BCUT2D eigenvalue weighted by Gasteiger charge is -2.19. The summed E-state index contributed by atoms with van der Waals surface area (Å²) in [5, 5.41) is 2.75. The number of pyridine rings is 1. The molecule has 0 fully saturated rings. The van der Waals surface area contributed by atoms with Crippen molar-refractivity contribution in [2.75, 3.05) is 5.32 Å². The summed E-state index contributed by atoms with van der Waals surface area (Å²) >= 11 is 0. The van der Waals surface area contributed by atoms with Crippen LogP contribution in [0.4, 0.5) is 5.82 Å². The number of rotatable bonds is 3. The van der Waals surface area contributed by atoms with Crippen molar-refractivity contribution in [2.45, 2.75) is 33.1 Å². The first kappa shape index (κ1) is 16.0. The van der Waals surface area contributed by atoms with Crippen LogP contribution in [0, 0.1) is 0 Å². The molecular weight excluding hydrogens is 272 g/mol. The van der Waals surface area contributed by atoms with E-state index in [-0.39, 0.29) is 11.3 Å². The molecule has 0 bridgehead atoms. The van der Waals surface area contributed by atoms with Gasteiger partial charge in [0.05, 0.1) is 0 Å². The maximum absolute atomic E-state index is 12.0. The Morgan fingerprint density at radius 1 is 1.09 bits per heavy atom. The zero-order valence-electron chi connectivity index (χ0n) is 13.6. The minimum Gasteiger partial charge on any atom is -0.307 e. The van der Waals surface area contributed by atoms with Crippen molar-refractivity contribution in [1.29, 1.82) is 0 Å². The minimum absolute atomic E-state index is 0.131. The average Bonchev–Trinajstić information content (AvgIpc) is 2.47. The summed E-state index contributed by atoms with van der Waals surface area (Å²) in [6, 6.07) is 13.8. The van der Waals surface area contributed by atoms with Gasteiger partial charge in [-0.3, -0.25) is 4.79 Å². The van der Waals surface area contributed by atoms with Gasteiger partial charge in [-0.2, -0.15) is 0 Å². The van der Waals surface area contributed by atoms with E-state index in [0.29, 0.717) is 5.82 Å². The molecule has 0 radical (unpaired) electrons. The molecule has 1 amide bonds. The van der Waals surface area contributed by atoms with Crippen LogP contribution in [-0.2, 0) is 10.2 Å². The van der Waals surface area contributed by atoms with Crippen LogP contribution in [0.3, 0.4) is 0 Å². The summed E-state index contributed by atoms with van der Waals surface area (Å²) in [6.45, 7) is 8.49. The number of nitrogens with one attached hydrogen (secondary N) is 1. The molecule has 1 heterocycles. The molecule has 3 heteroatoms. The molecule has 2 aromatic rings. The second-order valence-corrected chi connectivity index (χ2v) is 6.36. The number of amides is 1. The molecule has 1 N–H and O–H groups in total. The molecule has 0 aliphatic carbocycles. The number of hydrogen-bond donors (Lipinski definition) is 1. The maximum Gasteiger partial charge on any atom is 0.249 e. The lowest BCUT2D eigenvalue weighted by Crippen LogP contribution is -2.11. The Morgan fingerprint density at radius 2 is 1.77 bits per heavy atom. The van der Waals surface area contributed by atoms with E-state index in [2.05, 4.69) is 55.3 Å². The first-order chi connectivity index (χ1) is 10.4. The van der Waals surface area contributed by atoms with Crippen LogP contribution in [0.1, 0.15) is 38.8 Å². The molecule has 0 unspecified atom stereocenters. The Kier molecular flexibility index (Phi) is 4.76. The van der Waals surface area contributed by atoms with Gasteiger partial charge in [-0.05, 0) is 41.2 Å². The highest BCUT2D eigenvalue weighted by molar-refractivity contribution is 6.03. The molecule has 114 valence electrons. The third-order valence-electron chi connectivity index (χ3n) is 3.47. The van der Waals surface area contributed by atoms with Gasteiger partial charge in [-0.15, -0.1) is 0 Å². The highest BCUT2D eigenvalue weighted by Crippen LogP contribution is 2.24. The first-order valence-corrected chi connectivity index (χ1v) is 7.37. The van der Waals surface area contributed by atoms with Gasteiger partial charge in [0.15, 0.2) is 0 Å². The monoisotopic (exact) mass is 294 g/mol. The van der Waals surface area contributed by atoms with Crippen molar-refractivity contribution >= 4 is 17.3 Å². The highest BCUT2D eigenvalue weighted by atomic mass is 16.1. The summed E-state index contributed by atoms with van der Waals surface area (Å²) in [6.07, 6.45) is 3.25. The first-order valence-electron chi connectivity index (χ1n) is 7.37. The largest absolute Gasteiger partial charge is 0.307 e. The van der Waals surface area contributed by atoms with Gasteiger partial charge in [0.2, 0.25) is 5.91 Å². The third-order valence-corrected chi connectivity index (χ3v) is 3.47. The fraction of sp³-hybridized carbons (Fsp3) is 0.263. The molecule has 1 aromatic carbocycles. The second-order valence-electron chi connectivity index (χ2n) is 6.36. The average molecular weight is 294 g/mol. The Balaban J connectivity index is 2.10. The molecule has 0 aliphatic heterocycles. The van der Waals surface area contributed by atoms with Crippen molar-refractivity contribution in [3.63, 3.8) is 0 Å². The van der Waals surface area contributed by atoms with Gasteiger partial charge in [0.25, 0.3) is 0 Å². The minimum atomic E-state index is -0.170. The number of anilines is 1. The predicted octanol–water partition coefficient (Wildman–Crippen LogP) is 4.42. The van der Waals surface area contributed by atoms with Crippen LogP contribution in [0.2, 0.25) is 0 Å². The fourth-order valence-corrected chi connectivity index (χ4v) is 2.11. The third kappa shape index (κ3) is 4.29. The number of aromatic nitrogens is 1.